The van der Waals surface area contributed by atoms with Crippen molar-refractivity contribution in [2.45, 2.75) is 16.4 Å². The second kappa shape index (κ2) is 5.05. The standard InChI is InChI=1S/C15H14N4OS/c16-14-10-5-1-2-6-11(10)20-9-12(14)21-15-18-17-13-7-3-4-8-19(13)15/h1-8,12,14H,9,16H2. The third-order valence-corrected chi connectivity index (χ3v) is 4.84. The number of hydrogen-bond acceptors (Lipinski definition) is 5. The number of hydrogen-bond donors (Lipinski definition) is 1. The number of nitrogens with zero attached hydrogens (tertiary/aromatic N) is 3. The van der Waals surface area contributed by atoms with E-state index in [1.807, 2.05) is 53.1 Å². The van der Waals surface area contributed by atoms with E-state index in [0.717, 1.165) is 22.1 Å². The first-order valence-corrected chi connectivity index (χ1v) is 7.64. The summed E-state index contributed by atoms with van der Waals surface area (Å²) < 4.78 is 7.78. The largest absolute Gasteiger partial charge is 0.492 e. The van der Waals surface area contributed by atoms with Gasteiger partial charge < -0.3 is 10.5 Å². The van der Waals surface area contributed by atoms with Crippen molar-refractivity contribution in [1.82, 2.24) is 14.6 Å². The SMILES string of the molecule is NC1c2ccccc2OCC1Sc1nnc2ccccn12. The molecular formula is C15H14N4OS. The van der Waals surface area contributed by atoms with Crippen LogP contribution >= 0.6 is 11.8 Å². The molecule has 1 aliphatic heterocycles. The van der Waals surface area contributed by atoms with Crippen LogP contribution in [0.25, 0.3) is 5.65 Å². The van der Waals surface area contributed by atoms with Crippen molar-refractivity contribution in [2.75, 3.05) is 6.61 Å². The fourth-order valence-corrected chi connectivity index (χ4v) is 3.56. The molecule has 0 spiro atoms. The Labute approximate surface area is 126 Å². The summed E-state index contributed by atoms with van der Waals surface area (Å²) in [5.74, 6) is 0.882. The summed E-state index contributed by atoms with van der Waals surface area (Å²) in [6.45, 7) is 0.574. The minimum atomic E-state index is -0.0731. The van der Waals surface area contributed by atoms with Gasteiger partial charge in [-0.05, 0) is 18.2 Å². The summed E-state index contributed by atoms with van der Waals surface area (Å²) in [4.78, 5) is 0. The summed E-state index contributed by atoms with van der Waals surface area (Å²) in [6, 6.07) is 13.7. The van der Waals surface area contributed by atoms with Crippen molar-refractivity contribution in [3.8, 4) is 5.75 Å². The van der Waals surface area contributed by atoms with Gasteiger partial charge in [0, 0.05) is 17.8 Å². The van der Waals surface area contributed by atoms with E-state index in [1.165, 1.54) is 0 Å². The molecule has 3 aromatic rings. The number of nitrogens with two attached hydrogens (primary N) is 1. The van der Waals surface area contributed by atoms with Crippen LogP contribution in [-0.4, -0.2) is 26.5 Å². The van der Waals surface area contributed by atoms with Crippen molar-refractivity contribution in [3.63, 3.8) is 0 Å². The maximum Gasteiger partial charge on any atom is 0.196 e. The zero-order valence-corrected chi connectivity index (χ0v) is 12.0. The average molecular weight is 298 g/mol. The van der Waals surface area contributed by atoms with E-state index in [1.54, 1.807) is 11.8 Å². The van der Waals surface area contributed by atoms with Gasteiger partial charge in [-0.2, -0.15) is 0 Å². The van der Waals surface area contributed by atoms with Crippen LogP contribution in [0.1, 0.15) is 11.6 Å². The predicted octanol–water partition coefficient (Wildman–Crippen LogP) is 2.28. The third-order valence-electron chi connectivity index (χ3n) is 3.62. The van der Waals surface area contributed by atoms with Gasteiger partial charge in [0.05, 0.1) is 5.25 Å². The van der Waals surface area contributed by atoms with E-state index in [-0.39, 0.29) is 11.3 Å². The molecule has 6 heteroatoms. The van der Waals surface area contributed by atoms with Gasteiger partial charge in [-0.3, -0.25) is 4.40 Å². The Balaban J connectivity index is 1.64. The van der Waals surface area contributed by atoms with Gasteiger partial charge in [-0.25, -0.2) is 0 Å². The summed E-state index contributed by atoms with van der Waals surface area (Å²) in [7, 11) is 0. The molecule has 0 bridgehead atoms. The summed E-state index contributed by atoms with van der Waals surface area (Å²) in [6.07, 6.45) is 1.96. The molecular weight excluding hydrogens is 284 g/mol. The fourth-order valence-electron chi connectivity index (χ4n) is 2.51. The number of thioether (sulfide) groups is 1. The minimum absolute atomic E-state index is 0.0731. The van der Waals surface area contributed by atoms with E-state index in [2.05, 4.69) is 10.2 Å². The summed E-state index contributed by atoms with van der Waals surface area (Å²) in [5.41, 5.74) is 8.28. The lowest BCUT2D eigenvalue weighted by Gasteiger charge is -2.30. The van der Waals surface area contributed by atoms with Crippen LogP contribution < -0.4 is 10.5 Å². The smallest absolute Gasteiger partial charge is 0.196 e. The Kier molecular flexibility index (Phi) is 3.05. The van der Waals surface area contributed by atoms with Crippen molar-refractivity contribution in [2.24, 2.45) is 5.73 Å². The molecule has 0 saturated carbocycles. The molecule has 4 rings (SSSR count). The molecule has 1 aromatic carbocycles. The Morgan fingerprint density at radius 2 is 2.00 bits per heavy atom. The molecule has 0 fully saturated rings. The van der Waals surface area contributed by atoms with Gasteiger partial charge in [-0.1, -0.05) is 36.0 Å². The van der Waals surface area contributed by atoms with Crippen molar-refractivity contribution >= 4 is 17.4 Å². The van der Waals surface area contributed by atoms with Crippen molar-refractivity contribution in [1.29, 1.82) is 0 Å². The van der Waals surface area contributed by atoms with E-state index in [9.17, 15) is 0 Å². The van der Waals surface area contributed by atoms with Gasteiger partial charge >= 0.3 is 0 Å². The third kappa shape index (κ3) is 2.16. The lowest BCUT2D eigenvalue weighted by molar-refractivity contribution is 0.276. The van der Waals surface area contributed by atoms with E-state index in [0.29, 0.717) is 6.61 Å². The van der Waals surface area contributed by atoms with Crippen LogP contribution in [0.2, 0.25) is 0 Å². The average Bonchev–Trinajstić information content (AvgIpc) is 2.94. The molecule has 1 aliphatic rings. The van der Waals surface area contributed by atoms with Gasteiger partial charge in [0.15, 0.2) is 10.8 Å². The number of benzene rings is 1. The summed E-state index contributed by atoms with van der Waals surface area (Å²) >= 11 is 1.61. The van der Waals surface area contributed by atoms with Gasteiger partial charge in [0.1, 0.15) is 12.4 Å². The molecule has 2 N–H and O–H groups in total. The highest BCUT2D eigenvalue weighted by molar-refractivity contribution is 7.99. The van der Waals surface area contributed by atoms with Gasteiger partial charge in [0.25, 0.3) is 0 Å². The van der Waals surface area contributed by atoms with E-state index >= 15 is 0 Å². The molecule has 3 heterocycles. The quantitative estimate of drug-likeness (QED) is 0.786. The van der Waals surface area contributed by atoms with Crippen LogP contribution in [0.4, 0.5) is 0 Å². The first kappa shape index (κ1) is 12.7. The van der Waals surface area contributed by atoms with Crippen LogP contribution in [-0.2, 0) is 0 Å². The van der Waals surface area contributed by atoms with Crippen LogP contribution in [0, 0.1) is 0 Å². The Hall–Kier alpha value is -2.05. The molecule has 2 atom stereocenters. The number of para-hydroxylation sites is 1. The van der Waals surface area contributed by atoms with Crippen LogP contribution in [0.5, 0.6) is 5.75 Å². The molecule has 0 aliphatic carbocycles. The number of pyridine rings is 1. The number of fused-ring (bicyclic) bond motifs is 2. The van der Waals surface area contributed by atoms with Crippen molar-refractivity contribution in [3.05, 3.63) is 54.2 Å². The van der Waals surface area contributed by atoms with Crippen molar-refractivity contribution < 1.29 is 4.74 Å². The highest BCUT2D eigenvalue weighted by atomic mass is 32.2. The normalized spacial score (nSPS) is 21.0. The van der Waals surface area contributed by atoms with E-state index < -0.39 is 0 Å². The predicted molar refractivity (Wildman–Crippen MR) is 81.5 cm³/mol. The highest BCUT2D eigenvalue weighted by Gasteiger charge is 2.30. The van der Waals surface area contributed by atoms with E-state index in [4.69, 9.17) is 10.5 Å². The zero-order chi connectivity index (χ0) is 14.2. The number of aromatic nitrogens is 3. The highest BCUT2D eigenvalue weighted by Crippen LogP contribution is 2.37. The van der Waals surface area contributed by atoms with Gasteiger partial charge in [-0.15, -0.1) is 10.2 Å². The molecule has 2 aromatic heterocycles. The number of rotatable bonds is 2. The first-order chi connectivity index (χ1) is 10.3. The minimum Gasteiger partial charge on any atom is -0.492 e. The molecule has 0 saturated heterocycles. The first-order valence-electron chi connectivity index (χ1n) is 6.76. The summed E-state index contributed by atoms with van der Waals surface area (Å²) in [5, 5.41) is 9.37. The second-order valence-electron chi connectivity index (χ2n) is 4.94. The molecule has 21 heavy (non-hydrogen) atoms. The lowest BCUT2D eigenvalue weighted by Crippen LogP contribution is -2.33. The molecule has 106 valence electrons. The molecule has 0 radical (unpaired) electrons. The molecule has 5 nitrogen and oxygen atoms in total. The Morgan fingerprint density at radius 1 is 1.14 bits per heavy atom. The Morgan fingerprint density at radius 3 is 2.95 bits per heavy atom. The monoisotopic (exact) mass is 298 g/mol. The molecule has 2 unspecified atom stereocenters. The zero-order valence-electron chi connectivity index (χ0n) is 11.2. The second-order valence-corrected chi connectivity index (χ2v) is 6.15. The van der Waals surface area contributed by atoms with Crippen LogP contribution in [0.15, 0.2) is 53.8 Å². The Bertz CT molecular complexity index is 788. The number of ether oxygens (including phenoxy) is 1. The van der Waals surface area contributed by atoms with Gasteiger partial charge in [0.2, 0.25) is 0 Å². The maximum atomic E-state index is 6.39. The molecule has 0 amide bonds. The fraction of sp³-hybridized carbons (Fsp3) is 0.200. The maximum absolute atomic E-state index is 6.39. The topological polar surface area (TPSA) is 65.4 Å². The van der Waals surface area contributed by atoms with Crippen LogP contribution in [0.3, 0.4) is 0 Å². The lowest BCUT2D eigenvalue weighted by atomic mass is 10.0.